The van der Waals surface area contributed by atoms with Gasteiger partial charge >= 0.3 is 0 Å². The maximum Gasteiger partial charge on any atom is 0.143 e. The van der Waals surface area contributed by atoms with Gasteiger partial charge in [0.05, 0.1) is 19.1 Å². The molecule has 0 radical (unpaired) electrons. The standard InChI is InChI=1S/C16H29NO2/c1-4-7-17-15-10-19-9-14(15)16(18)13-6-5-11(2)12(3)8-13/h11-15,17H,4-10H2,1-3H3. The molecular weight excluding hydrogens is 238 g/mol. The molecule has 2 rings (SSSR count). The molecule has 5 atom stereocenters. The molecule has 2 aliphatic rings. The molecule has 0 aromatic carbocycles. The van der Waals surface area contributed by atoms with Crippen molar-refractivity contribution in [2.75, 3.05) is 19.8 Å². The third-order valence-corrected chi connectivity index (χ3v) is 5.10. The van der Waals surface area contributed by atoms with E-state index in [0.29, 0.717) is 24.9 Å². The molecule has 1 aliphatic carbocycles. The van der Waals surface area contributed by atoms with E-state index in [-0.39, 0.29) is 17.9 Å². The lowest BCUT2D eigenvalue weighted by molar-refractivity contribution is -0.129. The summed E-state index contributed by atoms with van der Waals surface area (Å²) in [6.07, 6.45) is 4.48. The van der Waals surface area contributed by atoms with Gasteiger partial charge in [0.1, 0.15) is 5.78 Å². The van der Waals surface area contributed by atoms with Gasteiger partial charge in [-0.25, -0.2) is 0 Å². The first kappa shape index (κ1) is 15.0. The summed E-state index contributed by atoms with van der Waals surface area (Å²) in [7, 11) is 0. The van der Waals surface area contributed by atoms with E-state index in [1.807, 2.05) is 0 Å². The lowest BCUT2D eigenvalue weighted by Crippen LogP contribution is -2.42. The normalized spacial score (nSPS) is 39.4. The predicted molar refractivity (Wildman–Crippen MR) is 77.1 cm³/mol. The zero-order chi connectivity index (χ0) is 13.8. The van der Waals surface area contributed by atoms with Gasteiger partial charge in [-0.15, -0.1) is 0 Å². The lowest BCUT2D eigenvalue weighted by atomic mass is 9.72. The van der Waals surface area contributed by atoms with Gasteiger partial charge in [-0.2, -0.15) is 0 Å². The third-order valence-electron chi connectivity index (χ3n) is 5.10. The van der Waals surface area contributed by atoms with Crippen LogP contribution in [0.5, 0.6) is 0 Å². The van der Waals surface area contributed by atoms with E-state index in [4.69, 9.17) is 4.74 Å². The molecule has 5 unspecified atom stereocenters. The Bertz CT molecular complexity index is 305. The van der Waals surface area contributed by atoms with Gasteiger partial charge in [0, 0.05) is 12.0 Å². The average Bonchev–Trinajstić information content (AvgIpc) is 2.87. The topological polar surface area (TPSA) is 38.3 Å². The zero-order valence-corrected chi connectivity index (χ0v) is 12.7. The van der Waals surface area contributed by atoms with Crippen molar-refractivity contribution in [2.24, 2.45) is 23.7 Å². The highest BCUT2D eigenvalue weighted by molar-refractivity contribution is 5.84. The number of carbonyl (C=O) groups excluding carboxylic acids is 1. The van der Waals surface area contributed by atoms with Crippen LogP contribution >= 0.6 is 0 Å². The predicted octanol–water partition coefficient (Wildman–Crippen LogP) is 2.64. The second kappa shape index (κ2) is 6.85. The second-order valence-electron chi connectivity index (χ2n) is 6.57. The van der Waals surface area contributed by atoms with Crippen LogP contribution in [0.4, 0.5) is 0 Å². The van der Waals surface area contributed by atoms with Gasteiger partial charge in [-0.05, 0) is 44.1 Å². The molecule has 3 nitrogen and oxygen atoms in total. The number of ether oxygens (including phenoxy) is 1. The zero-order valence-electron chi connectivity index (χ0n) is 12.7. The molecule has 1 heterocycles. The molecule has 3 heteroatoms. The summed E-state index contributed by atoms with van der Waals surface area (Å²) >= 11 is 0. The van der Waals surface area contributed by atoms with Crippen LogP contribution in [0.3, 0.4) is 0 Å². The molecule has 110 valence electrons. The van der Waals surface area contributed by atoms with Crippen molar-refractivity contribution in [3.8, 4) is 0 Å². The van der Waals surface area contributed by atoms with Crippen molar-refractivity contribution in [3.05, 3.63) is 0 Å². The average molecular weight is 267 g/mol. The number of hydrogen-bond acceptors (Lipinski definition) is 3. The van der Waals surface area contributed by atoms with E-state index >= 15 is 0 Å². The molecule has 1 saturated carbocycles. The Kier molecular flexibility index (Phi) is 5.40. The van der Waals surface area contributed by atoms with Crippen molar-refractivity contribution in [1.82, 2.24) is 5.32 Å². The van der Waals surface area contributed by atoms with Crippen LogP contribution in [-0.2, 0) is 9.53 Å². The van der Waals surface area contributed by atoms with Crippen LogP contribution in [0.25, 0.3) is 0 Å². The molecule has 1 N–H and O–H groups in total. The first-order chi connectivity index (χ1) is 9.13. The monoisotopic (exact) mass is 267 g/mol. The molecule has 0 bridgehead atoms. The third kappa shape index (κ3) is 3.57. The minimum Gasteiger partial charge on any atom is -0.379 e. The Morgan fingerprint density at radius 3 is 2.68 bits per heavy atom. The molecule has 0 aromatic heterocycles. The van der Waals surface area contributed by atoms with Crippen molar-refractivity contribution in [2.45, 2.75) is 52.5 Å². The SMILES string of the molecule is CCCNC1COCC1C(=O)C1CCC(C)C(C)C1. The van der Waals surface area contributed by atoms with Gasteiger partial charge in [0.15, 0.2) is 0 Å². The molecule has 2 fully saturated rings. The molecule has 0 aromatic rings. The number of Topliss-reactive ketones (excluding diaryl/α,β-unsaturated/α-hetero) is 1. The number of carbonyl (C=O) groups is 1. The van der Waals surface area contributed by atoms with Crippen LogP contribution in [0.2, 0.25) is 0 Å². The first-order valence-electron chi connectivity index (χ1n) is 7.98. The Balaban J connectivity index is 1.91. The highest BCUT2D eigenvalue weighted by Crippen LogP contribution is 2.36. The Labute approximate surface area is 117 Å². The van der Waals surface area contributed by atoms with Crippen molar-refractivity contribution in [1.29, 1.82) is 0 Å². The Morgan fingerprint density at radius 2 is 2.00 bits per heavy atom. The minimum absolute atomic E-state index is 0.0946. The number of hydrogen-bond donors (Lipinski definition) is 1. The summed E-state index contributed by atoms with van der Waals surface area (Å²) < 4.78 is 5.54. The van der Waals surface area contributed by atoms with Gasteiger partial charge in [0.2, 0.25) is 0 Å². The highest BCUT2D eigenvalue weighted by atomic mass is 16.5. The maximum atomic E-state index is 12.7. The first-order valence-corrected chi connectivity index (χ1v) is 7.98. The molecule has 1 aliphatic heterocycles. The van der Waals surface area contributed by atoms with Gasteiger partial charge in [-0.1, -0.05) is 20.8 Å². The Hall–Kier alpha value is -0.410. The number of ketones is 1. The van der Waals surface area contributed by atoms with E-state index in [2.05, 4.69) is 26.1 Å². The smallest absolute Gasteiger partial charge is 0.143 e. The molecule has 0 amide bonds. The van der Waals surface area contributed by atoms with Crippen LogP contribution < -0.4 is 5.32 Å². The van der Waals surface area contributed by atoms with Gasteiger partial charge in [-0.3, -0.25) is 4.79 Å². The molecule has 0 spiro atoms. The molecular formula is C16H29NO2. The summed E-state index contributed by atoms with van der Waals surface area (Å²) in [4.78, 5) is 12.7. The van der Waals surface area contributed by atoms with Crippen LogP contribution in [-0.4, -0.2) is 31.6 Å². The second-order valence-corrected chi connectivity index (χ2v) is 6.57. The largest absolute Gasteiger partial charge is 0.379 e. The van der Waals surface area contributed by atoms with E-state index < -0.39 is 0 Å². The van der Waals surface area contributed by atoms with E-state index in [1.165, 1.54) is 6.42 Å². The van der Waals surface area contributed by atoms with Crippen LogP contribution in [0.1, 0.15) is 46.5 Å². The van der Waals surface area contributed by atoms with Crippen LogP contribution in [0, 0.1) is 23.7 Å². The van der Waals surface area contributed by atoms with Crippen LogP contribution in [0.15, 0.2) is 0 Å². The molecule has 1 saturated heterocycles. The summed E-state index contributed by atoms with van der Waals surface area (Å²) in [6.45, 7) is 9.08. The van der Waals surface area contributed by atoms with E-state index in [0.717, 1.165) is 31.7 Å². The van der Waals surface area contributed by atoms with Crippen molar-refractivity contribution < 1.29 is 9.53 Å². The van der Waals surface area contributed by atoms with E-state index in [9.17, 15) is 4.79 Å². The van der Waals surface area contributed by atoms with Crippen molar-refractivity contribution >= 4 is 5.78 Å². The van der Waals surface area contributed by atoms with E-state index in [1.54, 1.807) is 0 Å². The lowest BCUT2D eigenvalue weighted by Gasteiger charge is -2.33. The maximum absolute atomic E-state index is 12.7. The fourth-order valence-corrected chi connectivity index (χ4v) is 3.47. The molecule has 19 heavy (non-hydrogen) atoms. The fraction of sp³-hybridized carbons (Fsp3) is 0.938. The summed E-state index contributed by atoms with van der Waals surface area (Å²) in [5.41, 5.74) is 0. The fourth-order valence-electron chi connectivity index (χ4n) is 3.47. The number of rotatable bonds is 5. The summed E-state index contributed by atoms with van der Waals surface area (Å²) in [5, 5.41) is 3.48. The van der Waals surface area contributed by atoms with Crippen molar-refractivity contribution in [3.63, 3.8) is 0 Å². The quantitative estimate of drug-likeness (QED) is 0.832. The van der Waals surface area contributed by atoms with Gasteiger partial charge < -0.3 is 10.1 Å². The summed E-state index contributed by atoms with van der Waals surface area (Å²) in [6, 6.07) is 0.252. The number of nitrogens with one attached hydrogen (secondary N) is 1. The van der Waals surface area contributed by atoms with Gasteiger partial charge in [0.25, 0.3) is 0 Å². The highest BCUT2D eigenvalue weighted by Gasteiger charge is 2.39. The minimum atomic E-state index is 0.0946. The Morgan fingerprint density at radius 1 is 1.21 bits per heavy atom. The summed E-state index contributed by atoms with van der Waals surface area (Å²) in [5.74, 6) is 2.30.